The van der Waals surface area contributed by atoms with Gasteiger partial charge in [-0.1, -0.05) is 52.0 Å². The average Bonchev–Trinajstić information content (AvgIpc) is 2.82. The second-order valence-electron chi connectivity index (χ2n) is 6.60. The monoisotopic (exact) mass is 232 g/mol. The van der Waals surface area contributed by atoms with Crippen LogP contribution in [0.1, 0.15) is 45.2 Å². The van der Waals surface area contributed by atoms with Gasteiger partial charge in [-0.3, -0.25) is 0 Å². The molecule has 1 unspecified atom stereocenters. The first-order chi connectivity index (χ1) is 7.91. The van der Waals surface area contributed by atoms with Crippen LogP contribution in [0.2, 0.25) is 0 Å². The summed E-state index contributed by atoms with van der Waals surface area (Å²) in [6.07, 6.45) is 2.23. The summed E-state index contributed by atoms with van der Waals surface area (Å²) in [6, 6.07) is 8.87. The fraction of sp³-hybridized carbons (Fsp3) is 0.625. The minimum atomic E-state index is 0.0172. The summed E-state index contributed by atoms with van der Waals surface area (Å²) < 4.78 is 0. The van der Waals surface area contributed by atoms with E-state index in [0.717, 1.165) is 12.8 Å². The largest absolute Gasteiger partial charge is 0.395 e. The van der Waals surface area contributed by atoms with Crippen LogP contribution in [-0.4, -0.2) is 11.7 Å². The van der Waals surface area contributed by atoms with Crippen molar-refractivity contribution in [1.29, 1.82) is 0 Å². The van der Waals surface area contributed by atoms with Gasteiger partial charge in [0.2, 0.25) is 0 Å². The van der Waals surface area contributed by atoms with E-state index in [0.29, 0.717) is 5.92 Å². The molecule has 1 aromatic rings. The second-order valence-corrected chi connectivity index (χ2v) is 6.60. The normalized spacial score (nSPS) is 26.2. The lowest BCUT2D eigenvalue weighted by Gasteiger charge is -2.19. The smallest absolute Gasteiger partial charge is 0.0533 e. The Labute approximate surface area is 105 Å². The van der Waals surface area contributed by atoms with Crippen molar-refractivity contribution in [3.63, 3.8) is 0 Å². The van der Waals surface area contributed by atoms with Gasteiger partial charge in [0.05, 0.1) is 6.61 Å². The third-order valence-electron chi connectivity index (χ3n) is 4.33. The lowest BCUT2D eigenvalue weighted by molar-refractivity contribution is 0.231. The van der Waals surface area contributed by atoms with Crippen LogP contribution in [-0.2, 0) is 11.8 Å². The molecular weight excluding hydrogens is 208 g/mol. The van der Waals surface area contributed by atoms with Gasteiger partial charge in [0.1, 0.15) is 0 Å². The number of hydrogen-bond donors (Lipinski definition) is 1. The molecule has 2 rings (SSSR count). The van der Waals surface area contributed by atoms with Crippen molar-refractivity contribution in [2.45, 2.75) is 46.0 Å². The molecule has 0 aliphatic heterocycles. The summed E-state index contributed by atoms with van der Waals surface area (Å²) >= 11 is 0. The molecule has 0 heterocycles. The SMILES string of the molecule is CC(C)Cc1ccc(C2(CO)CC2(C)C)cc1. The molecule has 1 aliphatic carbocycles. The first-order valence-electron chi connectivity index (χ1n) is 6.61. The van der Waals surface area contributed by atoms with E-state index in [1.165, 1.54) is 11.1 Å². The van der Waals surface area contributed by atoms with E-state index in [2.05, 4.69) is 52.0 Å². The van der Waals surface area contributed by atoms with Crippen LogP contribution in [0.15, 0.2) is 24.3 Å². The Balaban J connectivity index is 2.19. The molecule has 1 aliphatic rings. The van der Waals surface area contributed by atoms with E-state index in [-0.39, 0.29) is 17.4 Å². The highest BCUT2D eigenvalue weighted by atomic mass is 16.3. The Morgan fingerprint density at radius 3 is 2.06 bits per heavy atom. The van der Waals surface area contributed by atoms with E-state index in [4.69, 9.17) is 0 Å². The average molecular weight is 232 g/mol. The van der Waals surface area contributed by atoms with Crippen molar-refractivity contribution < 1.29 is 5.11 Å². The first kappa shape index (κ1) is 12.6. The van der Waals surface area contributed by atoms with Crippen molar-refractivity contribution in [3.05, 3.63) is 35.4 Å². The zero-order chi connectivity index (χ0) is 12.7. The number of aliphatic hydroxyl groups is 1. The van der Waals surface area contributed by atoms with Crippen LogP contribution in [0.5, 0.6) is 0 Å². The van der Waals surface area contributed by atoms with Crippen molar-refractivity contribution in [3.8, 4) is 0 Å². The summed E-state index contributed by atoms with van der Waals surface area (Å²) in [6.45, 7) is 9.24. The molecule has 17 heavy (non-hydrogen) atoms. The number of aliphatic hydroxyl groups excluding tert-OH is 1. The maximum atomic E-state index is 9.66. The minimum Gasteiger partial charge on any atom is -0.395 e. The molecule has 94 valence electrons. The quantitative estimate of drug-likeness (QED) is 0.841. The standard InChI is InChI=1S/C16H24O/c1-12(2)9-13-5-7-14(8-6-13)16(11-17)10-15(16,3)4/h5-8,12,17H,9-11H2,1-4H3. The number of benzene rings is 1. The summed E-state index contributed by atoms with van der Waals surface area (Å²) in [5, 5.41) is 9.66. The summed E-state index contributed by atoms with van der Waals surface area (Å²) in [5.41, 5.74) is 2.97. The predicted octanol–water partition coefficient (Wildman–Crippen LogP) is 3.55. The maximum Gasteiger partial charge on any atom is 0.0533 e. The molecule has 1 heteroatoms. The number of rotatable bonds is 4. The van der Waals surface area contributed by atoms with Crippen LogP contribution in [0.25, 0.3) is 0 Å². The Kier molecular flexibility index (Phi) is 3.07. The molecule has 1 nitrogen and oxygen atoms in total. The zero-order valence-corrected chi connectivity index (χ0v) is 11.5. The zero-order valence-electron chi connectivity index (χ0n) is 11.5. The van der Waals surface area contributed by atoms with Gasteiger partial charge >= 0.3 is 0 Å². The van der Waals surface area contributed by atoms with Gasteiger partial charge < -0.3 is 5.11 Å². The molecular formula is C16H24O. The summed E-state index contributed by atoms with van der Waals surface area (Å²) in [4.78, 5) is 0. The van der Waals surface area contributed by atoms with Gasteiger partial charge in [-0.25, -0.2) is 0 Å². The first-order valence-corrected chi connectivity index (χ1v) is 6.61. The molecule has 1 atom stereocenters. The van der Waals surface area contributed by atoms with Crippen molar-refractivity contribution >= 4 is 0 Å². The second kappa shape index (κ2) is 4.13. The topological polar surface area (TPSA) is 20.2 Å². The van der Waals surface area contributed by atoms with Crippen LogP contribution >= 0.6 is 0 Å². The third-order valence-corrected chi connectivity index (χ3v) is 4.33. The third kappa shape index (κ3) is 2.13. The van der Waals surface area contributed by atoms with E-state index >= 15 is 0 Å². The lowest BCUT2D eigenvalue weighted by Crippen LogP contribution is -2.19. The molecule has 0 bridgehead atoms. The Hall–Kier alpha value is -0.820. The molecule has 1 aromatic carbocycles. The highest BCUT2D eigenvalue weighted by Gasteiger charge is 2.61. The van der Waals surface area contributed by atoms with Crippen LogP contribution in [0.4, 0.5) is 0 Å². The molecule has 1 fully saturated rings. The van der Waals surface area contributed by atoms with E-state index in [1.54, 1.807) is 0 Å². The highest BCUT2D eigenvalue weighted by Crippen LogP contribution is 2.63. The molecule has 0 radical (unpaired) electrons. The van der Waals surface area contributed by atoms with Gasteiger partial charge in [-0.2, -0.15) is 0 Å². The molecule has 0 aromatic heterocycles. The van der Waals surface area contributed by atoms with Crippen LogP contribution < -0.4 is 0 Å². The highest BCUT2D eigenvalue weighted by molar-refractivity contribution is 5.38. The van der Waals surface area contributed by atoms with Crippen molar-refractivity contribution in [2.75, 3.05) is 6.61 Å². The summed E-state index contributed by atoms with van der Waals surface area (Å²) in [7, 11) is 0. The fourth-order valence-corrected chi connectivity index (χ4v) is 3.00. The number of hydrogen-bond acceptors (Lipinski definition) is 1. The Morgan fingerprint density at radius 2 is 1.71 bits per heavy atom. The van der Waals surface area contributed by atoms with Gasteiger partial charge in [0, 0.05) is 5.41 Å². The van der Waals surface area contributed by atoms with E-state index < -0.39 is 0 Å². The van der Waals surface area contributed by atoms with Gasteiger partial charge in [-0.05, 0) is 35.3 Å². The maximum absolute atomic E-state index is 9.66. The van der Waals surface area contributed by atoms with Gasteiger partial charge in [0.25, 0.3) is 0 Å². The lowest BCUT2D eigenvalue weighted by atomic mass is 9.87. The van der Waals surface area contributed by atoms with Gasteiger partial charge in [-0.15, -0.1) is 0 Å². The Bertz CT molecular complexity index is 388. The predicted molar refractivity (Wildman–Crippen MR) is 72.1 cm³/mol. The van der Waals surface area contributed by atoms with Crippen LogP contribution in [0.3, 0.4) is 0 Å². The van der Waals surface area contributed by atoms with E-state index in [1.807, 2.05) is 0 Å². The molecule has 0 saturated heterocycles. The summed E-state index contributed by atoms with van der Waals surface area (Å²) in [5.74, 6) is 0.699. The molecule has 1 N–H and O–H groups in total. The molecule has 0 amide bonds. The molecule has 0 spiro atoms. The minimum absolute atomic E-state index is 0.0172. The van der Waals surface area contributed by atoms with Gasteiger partial charge in [0.15, 0.2) is 0 Å². The molecule has 1 saturated carbocycles. The van der Waals surface area contributed by atoms with Crippen molar-refractivity contribution in [2.24, 2.45) is 11.3 Å². The van der Waals surface area contributed by atoms with Crippen molar-refractivity contribution in [1.82, 2.24) is 0 Å². The van der Waals surface area contributed by atoms with Crippen LogP contribution in [0, 0.1) is 11.3 Å². The fourth-order valence-electron chi connectivity index (χ4n) is 3.00. The van der Waals surface area contributed by atoms with E-state index in [9.17, 15) is 5.11 Å². The Morgan fingerprint density at radius 1 is 1.18 bits per heavy atom.